The number of hydrogen-bond acceptors (Lipinski definition) is 3. The highest BCUT2D eigenvalue weighted by molar-refractivity contribution is 5.58. The molecule has 0 radical (unpaired) electrons. The lowest BCUT2D eigenvalue weighted by atomic mass is 10.1. The lowest BCUT2D eigenvalue weighted by Gasteiger charge is -2.07. The number of halogens is 3. The monoisotopic (exact) mass is 361 g/mol. The van der Waals surface area contributed by atoms with Gasteiger partial charge in [0.2, 0.25) is 0 Å². The minimum Gasteiger partial charge on any atom is -0.497 e. The fourth-order valence-electron chi connectivity index (χ4n) is 2.55. The highest BCUT2D eigenvalue weighted by Crippen LogP contribution is 2.32. The largest absolute Gasteiger partial charge is 0.497 e. The molecule has 0 aliphatic carbocycles. The number of rotatable bonds is 6. The Morgan fingerprint density at radius 2 is 1.73 bits per heavy atom. The molecule has 0 bridgehead atoms. The quantitative estimate of drug-likeness (QED) is 0.650. The van der Waals surface area contributed by atoms with Gasteiger partial charge in [0, 0.05) is 12.1 Å². The third-order valence-corrected chi connectivity index (χ3v) is 3.92. The first-order valence-electron chi connectivity index (χ1n) is 8.06. The van der Waals surface area contributed by atoms with E-state index in [1.54, 1.807) is 25.3 Å². The van der Waals surface area contributed by atoms with Gasteiger partial charge in [0.1, 0.15) is 17.3 Å². The molecule has 1 aromatic heterocycles. The first-order chi connectivity index (χ1) is 12.5. The van der Waals surface area contributed by atoms with Crippen molar-refractivity contribution in [3.8, 4) is 17.1 Å². The molecule has 0 fully saturated rings. The lowest BCUT2D eigenvalue weighted by Crippen LogP contribution is -2.11. The van der Waals surface area contributed by atoms with Gasteiger partial charge < -0.3 is 14.5 Å². The summed E-state index contributed by atoms with van der Waals surface area (Å²) in [6, 6.07) is 16.2. The van der Waals surface area contributed by atoms with Crippen LogP contribution in [0.3, 0.4) is 0 Å². The van der Waals surface area contributed by atoms with Crippen LogP contribution in [0.15, 0.2) is 65.1 Å². The van der Waals surface area contributed by atoms with E-state index in [0.717, 1.165) is 23.4 Å². The molecule has 3 aromatic rings. The maximum absolute atomic E-state index is 12.8. The van der Waals surface area contributed by atoms with E-state index in [9.17, 15) is 13.2 Å². The van der Waals surface area contributed by atoms with Crippen molar-refractivity contribution in [3.05, 3.63) is 77.6 Å². The average Bonchev–Trinajstić information content (AvgIpc) is 3.11. The SMILES string of the molecule is COc1ccc(CNCc2ccc(-c3cccc(C(F)(F)F)c3)o2)cc1. The zero-order valence-corrected chi connectivity index (χ0v) is 14.1. The Balaban J connectivity index is 1.61. The van der Waals surface area contributed by atoms with E-state index < -0.39 is 11.7 Å². The molecule has 0 aliphatic heterocycles. The molecule has 0 saturated carbocycles. The van der Waals surface area contributed by atoms with Crippen LogP contribution >= 0.6 is 0 Å². The maximum Gasteiger partial charge on any atom is 0.416 e. The van der Waals surface area contributed by atoms with Crippen molar-refractivity contribution in [1.29, 1.82) is 0 Å². The molecule has 0 spiro atoms. The number of ether oxygens (including phenoxy) is 1. The summed E-state index contributed by atoms with van der Waals surface area (Å²) < 4.78 is 49.2. The molecular weight excluding hydrogens is 343 g/mol. The van der Waals surface area contributed by atoms with Crippen molar-refractivity contribution in [2.75, 3.05) is 7.11 Å². The number of alkyl halides is 3. The van der Waals surface area contributed by atoms with Gasteiger partial charge in [-0.1, -0.05) is 24.3 Å². The average molecular weight is 361 g/mol. The van der Waals surface area contributed by atoms with Crippen molar-refractivity contribution in [2.24, 2.45) is 0 Å². The van der Waals surface area contributed by atoms with Crippen LogP contribution in [-0.4, -0.2) is 7.11 Å². The Labute approximate surface area is 149 Å². The Kier molecular flexibility index (Phi) is 5.32. The van der Waals surface area contributed by atoms with Gasteiger partial charge in [-0.15, -0.1) is 0 Å². The minimum atomic E-state index is -4.37. The van der Waals surface area contributed by atoms with Gasteiger partial charge in [0.05, 0.1) is 19.2 Å². The minimum absolute atomic E-state index is 0.404. The molecule has 0 saturated heterocycles. The van der Waals surface area contributed by atoms with Crippen molar-refractivity contribution < 1.29 is 22.3 Å². The van der Waals surface area contributed by atoms with Crippen LogP contribution < -0.4 is 10.1 Å². The van der Waals surface area contributed by atoms with Gasteiger partial charge in [-0.2, -0.15) is 13.2 Å². The van der Waals surface area contributed by atoms with Gasteiger partial charge in [-0.3, -0.25) is 0 Å². The number of methoxy groups -OCH3 is 1. The highest BCUT2D eigenvalue weighted by Gasteiger charge is 2.30. The van der Waals surface area contributed by atoms with E-state index in [4.69, 9.17) is 9.15 Å². The van der Waals surface area contributed by atoms with Gasteiger partial charge in [0.15, 0.2) is 0 Å². The summed E-state index contributed by atoms with van der Waals surface area (Å²) in [4.78, 5) is 0. The summed E-state index contributed by atoms with van der Waals surface area (Å²) >= 11 is 0. The second-order valence-corrected chi connectivity index (χ2v) is 5.80. The van der Waals surface area contributed by atoms with E-state index in [0.29, 0.717) is 30.2 Å². The first kappa shape index (κ1) is 18.1. The Morgan fingerprint density at radius 1 is 0.962 bits per heavy atom. The highest BCUT2D eigenvalue weighted by atomic mass is 19.4. The van der Waals surface area contributed by atoms with Gasteiger partial charge in [-0.25, -0.2) is 0 Å². The molecule has 6 heteroatoms. The van der Waals surface area contributed by atoms with Crippen LogP contribution in [0.4, 0.5) is 13.2 Å². The van der Waals surface area contributed by atoms with E-state index in [2.05, 4.69) is 5.32 Å². The van der Waals surface area contributed by atoms with Gasteiger partial charge in [0.25, 0.3) is 0 Å². The fourth-order valence-corrected chi connectivity index (χ4v) is 2.55. The molecule has 0 aliphatic rings. The number of benzene rings is 2. The number of nitrogens with one attached hydrogen (secondary N) is 1. The third kappa shape index (κ3) is 4.46. The summed E-state index contributed by atoms with van der Waals surface area (Å²) in [5.41, 5.74) is 0.808. The van der Waals surface area contributed by atoms with E-state index >= 15 is 0 Å². The molecule has 136 valence electrons. The molecule has 1 N–H and O–H groups in total. The molecule has 0 atom stereocenters. The predicted octanol–water partition coefficient (Wildman–Crippen LogP) is 5.26. The summed E-state index contributed by atoms with van der Waals surface area (Å²) in [6.07, 6.45) is -4.37. The van der Waals surface area contributed by atoms with Crippen LogP contribution in [0.5, 0.6) is 5.75 Å². The normalized spacial score (nSPS) is 11.5. The van der Waals surface area contributed by atoms with Crippen LogP contribution in [0, 0.1) is 0 Å². The summed E-state index contributed by atoms with van der Waals surface area (Å²) in [5, 5.41) is 3.24. The van der Waals surface area contributed by atoms with Crippen molar-refractivity contribution in [2.45, 2.75) is 19.3 Å². The molecule has 3 nitrogen and oxygen atoms in total. The van der Waals surface area contributed by atoms with Crippen LogP contribution in [0.2, 0.25) is 0 Å². The maximum atomic E-state index is 12.8. The smallest absolute Gasteiger partial charge is 0.416 e. The van der Waals surface area contributed by atoms with Crippen LogP contribution in [-0.2, 0) is 19.3 Å². The van der Waals surface area contributed by atoms with E-state index in [-0.39, 0.29) is 0 Å². The number of furan rings is 1. The molecule has 0 unspecified atom stereocenters. The van der Waals surface area contributed by atoms with Gasteiger partial charge in [-0.05, 0) is 42.0 Å². The zero-order valence-electron chi connectivity index (χ0n) is 14.1. The van der Waals surface area contributed by atoms with Crippen molar-refractivity contribution >= 4 is 0 Å². The zero-order chi connectivity index (χ0) is 18.6. The standard InChI is InChI=1S/C20H18F3NO2/c1-25-17-7-5-14(6-8-17)12-24-13-18-9-10-19(26-18)15-3-2-4-16(11-15)20(21,22)23/h2-11,24H,12-13H2,1H3. The molecular formula is C20H18F3NO2. The summed E-state index contributed by atoms with van der Waals surface area (Å²) in [5.74, 6) is 1.87. The Morgan fingerprint density at radius 3 is 2.42 bits per heavy atom. The van der Waals surface area contributed by atoms with E-state index in [1.807, 2.05) is 24.3 Å². The number of hydrogen-bond donors (Lipinski definition) is 1. The Hall–Kier alpha value is -2.73. The van der Waals surface area contributed by atoms with Crippen molar-refractivity contribution in [1.82, 2.24) is 5.32 Å². The molecule has 0 amide bonds. The first-order valence-corrected chi connectivity index (χ1v) is 8.06. The predicted molar refractivity (Wildman–Crippen MR) is 92.7 cm³/mol. The topological polar surface area (TPSA) is 34.4 Å². The Bertz CT molecular complexity index is 854. The van der Waals surface area contributed by atoms with Crippen LogP contribution in [0.25, 0.3) is 11.3 Å². The fraction of sp³-hybridized carbons (Fsp3) is 0.200. The lowest BCUT2D eigenvalue weighted by molar-refractivity contribution is -0.137. The van der Waals surface area contributed by atoms with Crippen LogP contribution in [0.1, 0.15) is 16.9 Å². The molecule has 26 heavy (non-hydrogen) atoms. The third-order valence-electron chi connectivity index (χ3n) is 3.92. The molecule has 1 heterocycles. The van der Waals surface area contributed by atoms with Gasteiger partial charge >= 0.3 is 6.18 Å². The van der Waals surface area contributed by atoms with Crippen molar-refractivity contribution in [3.63, 3.8) is 0 Å². The summed E-state index contributed by atoms with van der Waals surface area (Å²) in [6.45, 7) is 1.12. The molecule has 2 aromatic carbocycles. The van der Waals surface area contributed by atoms with E-state index in [1.165, 1.54) is 6.07 Å². The second-order valence-electron chi connectivity index (χ2n) is 5.80. The molecule has 3 rings (SSSR count). The second kappa shape index (κ2) is 7.66. The summed E-state index contributed by atoms with van der Waals surface area (Å²) in [7, 11) is 1.62.